The summed E-state index contributed by atoms with van der Waals surface area (Å²) in [6.07, 6.45) is 1.34. The molecule has 0 saturated heterocycles. The first-order valence-corrected chi connectivity index (χ1v) is 5.45. The molecule has 0 unspecified atom stereocenters. The summed E-state index contributed by atoms with van der Waals surface area (Å²) in [7, 11) is 1.63. The number of H-pyrrole nitrogens is 1. The van der Waals surface area contributed by atoms with E-state index < -0.39 is 0 Å². The van der Waals surface area contributed by atoms with Gasteiger partial charge in [0.15, 0.2) is 0 Å². The minimum Gasteiger partial charge on any atom is -0.497 e. The molecular formula is C13H11N3O2. The van der Waals surface area contributed by atoms with Crippen LogP contribution in [0.3, 0.4) is 0 Å². The third kappa shape index (κ3) is 1.66. The van der Waals surface area contributed by atoms with E-state index in [1.54, 1.807) is 7.11 Å². The maximum Gasteiger partial charge on any atom is 0.239 e. The Morgan fingerprint density at radius 3 is 2.61 bits per heavy atom. The van der Waals surface area contributed by atoms with Crippen molar-refractivity contribution in [2.75, 3.05) is 7.11 Å². The van der Waals surface area contributed by atoms with Crippen LogP contribution in [0.5, 0.6) is 11.6 Å². The number of benzene rings is 1. The highest BCUT2D eigenvalue weighted by Gasteiger charge is 2.08. The van der Waals surface area contributed by atoms with Crippen LogP contribution in [0.25, 0.3) is 22.3 Å². The normalized spacial score (nSPS) is 10.7. The van der Waals surface area contributed by atoms with Crippen molar-refractivity contribution >= 4 is 11.0 Å². The van der Waals surface area contributed by atoms with Crippen molar-refractivity contribution in [1.29, 1.82) is 0 Å². The van der Waals surface area contributed by atoms with E-state index in [9.17, 15) is 5.11 Å². The van der Waals surface area contributed by atoms with Crippen LogP contribution < -0.4 is 4.74 Å². The highest BCUT2D eigenvalue weighted by atomic mass is 16.5. The summed E-state index contributed by atoms with van der Waals surface area (Å²) >= 11 is 0. The van der Waals surface area contributed by atoms with E-state index in [0.29, 0.717) is 11.0 Å². The smallest absolute Gasteiger partial charge is 0.239 e. The molecule has 0 atom stereocenters. The Labute approximate surface area is 103 Å². The fourth-order valence-corrected chi connectivity index (χ4v) is 1.85. The number of aromatic nitrogens is 3. The molecule has 2 aromatic heterocycles. The SMILES string of the molecule is COc1ccc(-c2cc3ncnc(O)c3[nH]2)cc1. The number of ether oxygens (including phenoxy) is 1. The van der Waals surface area contributed by atoms with Gasteiger partial charge >= 0.3 is 0 Å². The Morgan fingerprint density at radius 1 is 1.17 bits per heavy atom. The Bertz CT molecular complexity index is 689. The molecule has 0 saturated carbocycles. The zero-order chi connectivity index (χ0) is 12.5. The summed E-state index contributed by atoms with van der Waals surface area (Å²) in [6.45, 7) is 0. The highest BCUT2D eigenvalue weighted by molar-refractivity contribution is 5.85. The van der Waals surface area contributed by atoms with E-state index in [1.165, 1.54) is 6.33 Å². The van der Waals surface area contributed by atoms with Gasteiger partial charge in [-0.15, -0.1) is 0 Å². The van der Waals surface area contributed by atoms with Gasteiger partial charge in [0.1, 0.15) is 17.6 Å². The molecule has 0 fully saturated rings. The van der Waals surface area contributed by atoms with Crippen molar-refractivity contribution in [2.45, 2.75) is 0 Å². The van der Waals surface area contributed by atoms with Gasteiger partial charge in [0.05, 0.1) is 12.6 Å². The van der Waals surface area contributed by atoms with Crippen molar-refractivity contribution < 1.29 is 9.84 Å². The molecule has 0 aliphatic heterocycles. The van der Waals surface area contributed by atoms with Gasteiger partial charge in [0.2, 0.25) is 5.88 Å². The average Bonchev–Trinajstić information content (AvgIpc) is 2.84. The van der Waals surface area contributed by atoms with Gasteiger partial charge in [-0.2, -0.15) is 0 Å². The van der Waals surface area contributed by atoms with Gasteiger partial charge in [-0.3, -0.25) is 0 Å². The van der Waals surface area contributed by atoms with Gasteiger partial charge < -0.3 is 14.8 Å². The first-order valence-electron chi connectivity index (χ1n) is 5.45. The number of rotatable bonds is 2. The van der Waals surface area contributed by atoms with Crippen LogP contribution in [0.1, 0.15) is 0 Å². The average molecular weight is 241 g/mol. The van der Waals surface area contributed by atoms with Crippen molar-refractivity contribution in [3.8, 4) is 22.9 Å². The fourth-order valence-electron chi connectivity index (χ4n) is 1.85. The van der Waals surface area contributed by atoms with Crippen LogP contribution in [-0.2, 0) is 0 Å². The summed E-state index contributed by atoms with van der Waals surface area (Å²) < 4.78 is 5.11. The minimum absolute atomic E-state index is 0.0419. The Morgan fingerprint density at radius 2 is 1.94 bits per heavy atom. The van der Waals surface area contributed by atoms with E-state index in [2.05, 4.69) is 15.0 Å². The molecule has 2 heterocycles. The summed E-state index contributed by atoms with van der Waals surface area (Å²) in [5, 5.41) is 9.61. The fraction of sp³-hybridized carbons (Fsp3) is 0.0769. The van der Waals surface area contributed by atoms with Crippen molar-refractivity contribution in [1.82, 2.24) is 15.0 Å². The first kappa shape index (κ1) is 10.6. The zero-order valence-corrected chi connectivity index (χ0v) is 9.71. The number of nitrogens with one attached hydrogen (secondary N) is 1. The van der Waals surface area contributed by atoms with Crippen LogP contribution in [0, 0.1) is 0 Å². The lowest BCUT2D eigenvalue weighted by atomic mass is 10.1. The molecule has 2 N–H and O–H groups in total. The predicted molar refractivity (Wildman–Crippen MR) is 67.5 cm³/mol. The predicted octanol–water partition coefficient (Wildman–Crippen LogP) is 2.34. The maximum atomic E-state index is 9.61. The second-order valence-electron chi connectivity index (χ2n) is 3.87. The summed E-state index contributed by atoms with van der Waals surface area (Å²) in [5.41, 5.74) is 3.10. The Hall–Kier alpha value is -2.56. The lowest BCUT2D eigenvalue weighted by Gasteiger charge is -2.01. The monoisotopic (exact) mass is 241 g/mol. The largest absolute Gasteiger partial charge is 0.497 e. The topological polar surface area (TPSA) is 71.0 Å². The Balaban J connectivity index is 2.10. The van der Waals surface area contributed by atoms with Crippen molar-refractivity contribution in [3.63, 3.8) is 0 Å². The lowest BCUT2D eigenvalue weighted by Crippen LogP contribution is -1.82. The second kappa shape index (κ2) is 4.03. The van der Waals surface area contributed by atoms with Gasteiger partial charge in [0.25, 0.3) is 0 Å². The number of nitrogens with zero attached hydrogens (tertiary/aromatic N) is 2. The van der Waals surface area contributed by atoms with Crippen molar-refractivity contribution in [2.24, 2.45) is 0 Å². The standard InChI is InChI=1S/C13H11N3O2/c1-18-9-4-2-8(3-5-9)10-6-11-12(16-10)13(17)15-7-14-11/h2-7,16H,1H3,(H,14,15,17). The molecule has 0 aliphatic rings. The third-order valence-corrected chi connectivity index (χ3v) is 2.80. The number of hydrogen-bond donors (Lipinski definition) is 2. The highest BCUT2D eigenvalue weighted by Crippen LogP contribution is 2.27. The number of methoxy groups -OCH3 is 1. The number of aromatic hydroxyl groups is 1. The van der Waals surface area contributed by atoms with Gasteiger partial charge in [0, 0.05) is 5.69 Å². The molecule has 1 aromatic carbocycles. The molecule has 0 radical (unpaired) electrons. The minimum atomic E-state index is -0.0419. The zero-order valence-electron chi connectivity index (χ0n) is 9.71. The molecule has 0 spiro atoms. The third-order valence-electron chi connectivity index (χ3n) is 2.80. The van der Waals surface area contributed by atoms with Gasteiger partial charge in [-0.1, -0.05) is 0 Å². The van der Waals surface area contributed by atoms with Crippen LogP contribution in [0.4, 0.5) is 0 Å². The molecular weight excluding hydrogens is 230 g/mol. The summed E-state index contributed by atoms with van der Waals surface area (Å²) in [6, 6.07) is 9.51. The van der Waals surface area contributed by atoms with Crippen LogP contribution in [0.2, 0.25) is 0 Å². The lowest BCUT2D eigenvalue weighted by molar-refractivity contribution is 0.415. The summed E-state index contributed by atoms with van der Waals surface area (Å²) in [4.78, 5) is 10.9. The molecule has 5 nitrogen and oxygen atoms in total. The molecule has 0 aliphatic carbocycles. The molecule has 0 bridgehead atoms. The quantitative estimate of drug-likeness (QED) is 0.722. The number of fused-ring (bicyclic) bond motifs is 1. The molecule has 18 heavy (non-hydrogen) atoms. The van der Waals surface area contributed by atoms with E-state index in [1.807, 2.05) is 30.3 Å². The van der Waals surface area contributed by atoms with E-state index in [0.717, 1.165) is 17.0 Å². The van der Waals surface area contributed by atoms with E-state index in [4.69, 9.17) is 4.74 Å². The number of aromatic amines is 1. The van der Waals surface area contributed by atoms with Crippen LogP contribution in [-0.4, -0.2) is 27.2 Å². The van der Waals surface area contributed by atoms with Crippen LogP contribution >= 0.6 is 0 Å². The molecule has 0 amide bonds. The van der Waals surface area contributed by atoms with E-state index in [-0.39, 0.29) is 5.88 Å². The Kier molecular flexibility index (Phi) is 2.37. The molecule has 3 rings (SSSR count). The van der Waals surface area contributed by atoms with Gasteiger partial charge in [-0.05, 0) is 35.9 Å². The van der Waals surface area contributed by atoms with Gasteiger partial charge in [-0.25, -0.2) is 9.97 Å². The number of hydrogen-bond acceptors (Lipinski definition) is 4. The maximum absolute atomic E-state index is 9.61. The van der Waals surface area contributed by atoms with E-state index >= 15 is 0 Å². The summed E-state index contributed by atoms with van der Waals surface area (Å²) in [5.74, 6) is 0.761. The second-order valence-corrected chi connectivity index (χ2v) is 3.87. The molecule has 90 valence electrons. The first-order chi connectivity index (χ1) is 8.78. The van der Waals surface area contributed by atoms with Crippen LogP contribution in [0.15, 0.2) is 36.7 Å². The molecule has 5 heteroatoms. The van der Waals surface area contributed by atoms with Crippen molar-refractivity contribution in [3.05, 3.63) is 36.7 Å². The molecule has 3 aromatic rings.